The van der Waals surface area contributed by atoms with Crippen LogP contribution >= 0.6 is 0 Å². The normalized spacial score (nSPS) is 12.4. The van der Waals surface area contributed by atoms with Crippen LogP contribution in [0.4, 0.5) is 30.7 Å². The van der Waals surface area contributed by atoms with E-state index in [0.29, 0.717) is 0 Å². The lowest BCUT2D eigenvalue weighted by Crippen LogP contribution is -2.21. The number of pyridine rings is 1. The maximum atomic E-state index is 12.9. The van der Waals surface area contributed by atoms with Crippen LogP contribution in [-0.4, -0.2) is 17.6 Å². The van der Waals surface area contributed by atoms with Crippen LogP contribution in [0.5, 0.6) is 5.88 Å². The number of aromatic nitrogens is 1. The number of aldehydes is 1. The van der Waals surface area contributed by atoms with Crippen molar-refractivity contribution in [1.29, 1.82) is 0 Å². The Balaban J connectivity index is 3.36. The quantitative estimate of drug-likeness (QED) is 0.616. The number of halogens is 7. The predicted molar refractivity (Wildman–Crippen MR) is 41.3 cm³/mol. The molecule has 100 valence electrons. The lowest BCUT2D eigenvalue weighted by Gasteiger charge is -2.13. The summed E-state index contributed by atoms with van der Waals surface area (Å²) in [5.41, 5.74) is -3.29. The standard InChI is InChI=1S/C8H2F7NO2/c9-4-1-3(2-17)6(18-8(13,14)15)16-5(4)7(10,11)12/h1-2H. The molecule has 0 radical (unpaired) electrons. The van der Waals surface area contributed by atoms with Gasteiger partial charge in [0.1, 0.15) is 0 Å². The molecule has 1 aromatic rings. The maximum absolute atomic E-state index is 12.9. The molecule has 0 atom stereocenters. The Hall–Kier alpha value is -1.87. The SMILES string of the molecule is O=Cc1cc(F)c(C(F)(F)F)nc1OC(F)(F)F. The molecule has 0 fully saturated rings. The van der Waals surface area contributed by atoms with Gasteiger partial charge < -0.3 is 4.74 Å². The second kappa shape index (κ2) is 4.42. The van der Waals surface area contributed by atoms with Crippen LogP contribution in [0.2, 0.25) is 0 Å². The average Bonchev–Trinajstić information content (AvgIpc) is 2.16. The van der Waals surface area contributed by atoms with E-state index in [2.05, 4.69) is 9.72 Å². The highest BCUT2D eigenvalue weighted by atomic mass is 19.4. The molecule has 0 aromatic carbocycles. The molecule has 0 unspecified atom stereocenters. The smallest absolute Gasteiger partial charge is 0.387 e. The molecule has 0 aliphatic carbocycles. The van der Waals surface area contributed by atoms with Crippen LogP contribution in [-0.2, 0) is 6.18 Å². The van der Waals surface area contributed by atoms with Crippen molar-refractivity contribution in [2.45, 2.75) is 12.5 Å². The van der Waals surface area contributed by atoms with E-state index < -0.39 is 35.5 Å². The van der Waals surface area contributed by atoms with Crippen LogP contribution < -0.4 is 4.74 Å². The number of rotatable bonds is 2. The van der Waals surface area contributed by atoms with Crippen molar-refractivity contribution in [3.05, 3.63) is 23.1 Å². The Morgan fingerprint density at radius 3 is 2.11 bits per heavy atom. The number of hydrogen-bond donors (Lipinski definition) is 0. The molecule has 0 N–H and O–H groups in total. The Morgan fingerprint density at radius 1 is 1.17 bits per heavy atom. The van der Waals surface area contributed by atoms with Crippen molar-refractivity contribution >= 4 is 6.29 Å². The molecule has 0 saturated carbocycles. The highest BCUT2D eigenvalue weighted by Crippen LogP contribution is 2.33. The molecule has 0 aliphatic heterocycles. The summed E-state index contributed by atoms with van der Waals surface area (Å²) in [6.45, 7) is 0. The minimum atomic E-state index is -5.36. The topological polar surface area (TPSA) is 39.2 Å². The highest BCUT2D eigenvalue weighted by molar-refractivity contribution is 5.78. The largest absolute Gasteiger partial charge is 0.574 e. The van der Waals surface area contributed by atoms with Gasteiger partial charge in [0.05, 0.1) is 5.56 Å². The number of nitrogens with zero attached hydrogens (tertiary/aromatic N) is 1. The van der Waals surface area contributed by atoms with Gasteiger partial charge in [-0.3, -0.25) is 4.79 Å². The van der Waals surface area contributed by atoms with E-state index in [4.69, 9.17) is 0 Å². The molecule has 1 heterocycles. The van der Waals surface area contributed by atoms with Gasteiger partial charge in [0.2, 0.25) is 5.88 Å². The summed E-state index contributed by atoms with van der Waals surface area (Å²) in [6.07, 6.45) is -11.0. The number of ether oxygens (including phenoxy) is 1. The van der Waals surface area contributed by atoms with Gasteiger partial charge in [0, 0.05) is 0 Å². The molecule has 0 aliphatic rings. The van der Waals surface area contributed by atoms with Crippen LogP contribution in [0.25, 0.3) is 0 Å². The van der Waals surface area contributed by atoms with E-state index >= 15 is 0 Å². The predicted octanol–water partition coefficient (Wildman–Crippen LogP) is 2.95. The van der Waals surface area contributed by atoms with Crippen LogP contribution in [0.1, 0.15) is 16.1 Å². The third-order valence-electron chi connectivity index (χ3n) is 1.58. The van der Waals surface area contributed by atoms with E-state index in [1.54, 1.807) is 0 Å². The van der Waals surface area contributed by atoms with Crippen molar-refractivity contribution in [2.75, 3.05) is 0 Å². The molecule has 18 heavy (non-hydrogen) atoms. The van der Waals surface area contributed by atoms with Gasteiger partial charge in [-0.1, -0.05) is 0 Å². The Kier molecular flexibility index (Phi) is 3.49. The Bertz CT molecular complexity index is 466. The molecule has 0 saturated heterocycles. The monoisotopic (exact) mass is 277 g/mol. The Labute approximate surface area is 94.2 Å². The summed E-state index contributed by atoms with van der Waals surface area (Å²) in [5.74, 6) is -3.63. The molecular weight excluding hydrogens is 275 g/mol. The molecule has 0 amide bonds. The zero-order valence-electron chi connectivity index (χ0n) is 8.06. The van der Waals surface area contributed by atoms with E-state index in [1.165, 1.54) is 0 Å². The van der Waals surface area contributed by atoms with Crippen molar-refractivity contribution in [3.63, 3.8) is 0 Å². The van der Waals surface area contributed by atoms with Crippen molar-refractivity contribution in [3.8, 4) is 5.88 Å². The summed E-state index contributed by atoms with van der Waals surface area (Å²) in [5, 5.41) is 0. The second-order valence-electron chi connectivity index (χ2n) is 2.88. The van der Waals surface area contributed by atoms with Gasteiger partial charge >= 0.3 is 12.5 Å². The zero-order chi connectivity index (χ0) is 14.1. The first-order valence-electron chi connectivity index (χ1n) is 4.03. The van der Waals surface area contributed by atoms with E-state index in [0.717, 1.165) is 0 Å². The van der Waals surface area contributed by atoms with Gasteiger partial charge in [-0.15, -0.1) is 13.2 Å². The van der Waals surface area contributed by atoms with Gasteiger partial charge in [0.25, 0.3) is 0 Å². The lowest BCUT2D eigenvalue weighted by atomic mass is 10.2. The molecule has 3 nitrogen and oxygen atoms in total. The van der Waals surface area contributed by atoms with Crippen molar-refractivity contribution in [2.24, 2.45) is 0 Å². The number of hydrogen-bond acceptors (Lipinski definition) is 3. The first kappa shape index (κ1) is 14.2. The fourth-order valence-electron chi connectivity index (χ4n) is 0.961. The summed E-state index contributed by atoms with van der Waals surface area (Å²) in [4.78, 5) is 12.6. The van der Waals surface area contributed by atoms with Crippen LogP contribution in [0.15, 0.2) is 6.07 Å². The van der Waals surface area contributed by atoms with Crippen molar-refractivity contribution < 1.29 is 40.3 Å². The third-order valence-corrected chi connectivity index (χ3v) is 1.58. The average molecular weight is 277 g/mol. The van der Waals surface area contributed by atoms with E-state index in [1.807, 2.05) is 0 Å². The Morgan fingerprint density at radius 2 is 1.72 bits per heavy atom. The maximum Gasteiger partial charge on any atom is 0.574 e. The van der Waals surface area contributed by atoms with Gasteiger partial charge in [0.15, 0.2) is 17.8 Å². The number of carbonyl (C=O) groups excluding carboxylic acids is 1. The van der Waals surface area contributed by atoms with E-state index in [-0.39, 0.29) is 12.4 Å². The number of carbonyl (C=O) groups is 1. The van der Waals surface area contributed by atoms with Gasteiger partial charge in [-0.05, 0) is 6.07 Å². The summed E-state index contributed by atoms with van der Waals surface area (Å²) in [7, 11) is 0. The fourth-order valence-corrected chi connectivity index (χ4v) is 0.961. The van der Waals surface area contributed by atoms with Crippen molar-refractivity contribution in [1.82, 2.24) is 4.98 Å². The molecular formula is C8H2F7NO2. The third kappa shape index (κ3) is 3.31. The highest BCUT2D eigenvalue weighted by Gasteiger charge is 2.39. The molecule has 1 aromatic heterocycles. The summed E-state index contributed by atoms with van der Waals surface area (Å²) in [6, 6.07) is -0.0378. The molecule has 0 spiro atoms. The summed E-state index contributed by atoms with van der Waals surface area (Å²) < 4.78 is 88.0. The lowest BCUT2D eigenvalue weighted by molar-refractivity contribution is -0.276. The first-order chi connectivity index (χ1) is 8.04. The first-order valence-corrected chi connectivity index (χ1v) is 4.03. The second-order valence-corrected chi connectivity index (χ2v) is 2.88. The van der Waals surface area contributed by atoms with Crippen LogP contribution in [0.3, 0.4) is 0 Å². The minimum Gasteiger partial charge on any atom is -0.387 e. The molecule has 0 bridgehead atoms. The van der Waals surface area contributed by atoms with Gasteiger partial charge in [-0.25, -0.2) is 9.37 Å². The van der Waals surface area contributed by atoms with Gasteiger partial charge in [-0.2, -0.15) is 13.2 Å². The van der Waals surface area contributed by atoms with Crippen LogP contribution in [0, 0.1) is 5.82 Å². The molecule has 10 heteroatoms. The zero-order valence-corrected chi connectivity index (χ0v) is 8.06. The van der Waals surface area contributed by atoms with E-state index in [9.17, 15) is 35.5 Å². The fraction of sp³-hybridized carbons (Fsp3) is 0.250. The minimum absolute atomic E-state index is 0.0378. The molecule has 1 rings (SSSR count). The summed E-state index contributed by atoms with van der Waals surface area (Å²) >= 11 is 0. The number of alkyl halides is 6.